The Morgan fingerprint density at radius 3 is 2.84 bits per heavy atom. The van der Waals surface area contributed by atoms with Gasteiger partial charge in [-0.2, -0.15) is 0 Å². The minimum Gasteiger partial charge on any atom is -0.321 e. The van der Waals surface area contributed by atoms with E-state index >= 15 is 0 Å². The van der Waals surface area contributed by atoms with E-state index in [-0.39, 0.29) is 11.8 Å². The van der Waals surface area contributed by atoms with E-state index in [0.29, 0.717) is 20.7 Å². The van der Waals surface area contributed by atoms with Crippen LogP contribution in [0.5, 0.6) is 0 Å². The maximum Gasteiger partial charge on any atom is 0.269 e. The lowest BCUT2D eigenvalue weighted by atomic mass is 10.1. The maximum absolute atomic E-state index is 13.4. The Bertz CT molecular complexity index is 615. The molecule has 4 nitrogen and oxygen atoms in total. The van der Waals surface area contributed by atoms with Crippen LogP contribution in [0.2, 0.25) is 0 Å². The van der Waals surface area contributed by atoms with Gasteiger partial charge in [-0.05, 0) is 51.6 Å². The van der Waals surface area contributed by atoms with Gasteiger partial charge in [0.05, 0.1) is 10.2 Å². The highest BCUT2D eigenvalue weighted by Crippen LogP contribution is 2.23. The lowest BCUT2D eigenvalue weighted by Gasteiger charge is -2.06. The number of amides is 1. The number of aromatic nitrogens is 2. The van der Waals surface area contributed by atoms with E-state index in [4.69, 9.17) is 0 Å². The number of rotatable bonds is 3. The topological polar surface area (TPSA) is 54.9 Å². The minimum absolute atomic E-state index is 0.112. The van der Waals surface area contributed by atoms with Gasteiger partial charge in [-0.3, -0.25) is 4.79 Å². The number of halogens is 2. The van der Waals surface area contributed by atoms with Gasteiger partial charge in [-0.1, -0.05) is 18.3 Å². The molecule has 0 bridgehead atoms. The Morgan fingerprint density at radius 1 is 1.47 bits per heavy atom. The molecule has 0 atom stereocenters. The summed E-state index contributed by atoms with van der Waals surface area (Å²) in [6.07, 6.45) is 0. The zero-order valence-electron chi connectivity index (χ0n) is 10.3. The van der Waals surface area contributed by atoms with E-state index in [2.05, 4.69) is 30.8 Å². The van der Waals surface area contributed by atoms with Crippen molar-refractivity contribution in [3.63, 3.8) is 0 Å². The molecule has 1 heterocycles. The molecule has 0 aliphatic carbocycles. The van der Waals surface area contributed by atoms with Crippen LogP contribution >= 0.6 is 27.5 Å². The monoisotopic (exact) mass is 343 g/mol. The van der Waals surface area contributed by atoms with E-state index < -0.39 is 5.82 Å². The van der Waals surface area contributed by atoms with E-state index in [0.717, 1.165) is 11.5 Å². The van der Waals surface area contributed by atoms with Crippen molar-refractivity contribution in [2.45, 2.75) is 19.8 Å². The van der Waals surface area contributed by atoms with Gasteiger partial charge in [0.25, 0.3) is 5.91 Å². The average Bonchev–Trinajstić information content (AvgIpc) is 2.83. The Balaban J connectivity index is 2.21. The molecule has 0 saturated carbocycles. The van der Waals surface area contributed by atoms with Crippen molar-refractivity contribution in [1.29, 1.82) is 0 Å². The smallest absolute Gasteiger partial charge is 0.269 e. The molecule has 1 amide bonds. The highest BCUT2D eigenvalue weighted by molar-refractivity contribution is 9.10. The fourth-order valence-electron chi connectivity index (χ4n) is 1.49. The summed E-state index contributed by atoms with van der Waals surface area (Å²) < 4.78 is 17.5. The van der Waals surface area contributed by atoms with Crippen molar-refractivity contribution >= 4 is 39.1 Å². The molecule has 0 radical (unpaired) electrons. The molecule has 1 aromatic heterocycles. The molecule has 0 saturated heterocycles. The van der Waals surface area contributed by atoms with Gasteiger partial charge in [0, 0.05) is 5.69 Å². The molecular weight excluding hydrogens is 333 g/mol. The molecule has 2 aromatic rings. The third kappa shape index (κ3) is 3.16. The van der Waals surface area contributed by atoms with Gasteiger partial charge < -0.3 is 5.32 Å². The molecule has 1 aromatic carbocycles. The van der Waals surface area contributed by atoms with Crippen LogP contribution in [0.25, 0.3) is 0 Å². The second kappa shape index (κ2) is 5.75. The first kappa shape index (κ1) is 14.1. The third-order valence-corrected chi connectivity index (χ3v) is 3.83. The van der Waals surface area contributed by atoms with Crippen molar-refractivity contribution in [3.05, 3.63) is 39.1 Å². The molecule has 2 rings (SSSR count). The van der Waals surface area contributed by atoms with Crippen LogP contribution in [-0.2, 0) is 0 Å². The molecule has 0 aliphatic rings. The number of carbonyl (C=O) groups excluding carboxylic acids is 1. The zero-order valence-corrected chi connectivity index (χ0v) is 12.7. The maximum atomic E-state index is 13.4. The summed E-state index contributed by atoms with van der Waals surface area (Å²) in [6.45, 7) is 3.87. The molecule has 0 aliphatic heterocycles. The number of nitrogens with zero attached hydrogens (tertiary/aromatic N) is 2. The normalized spacial score (nSPS) is 10.8. The summed E-state index contributed by atoms with van der Waals surface area (Å²) in [6, 6.07) is 4.42. The van der Waals surface area contributed by atoms with Gasteiger partial charge >= 0.3 is 0 Å². The van der Waals surface area contributed by atoms with Crippen LogP contribution < -0.4 is 5.32 Å². The lowest BCUT2D eigenvalue weighted by Crippen LogP contribution is -2.13. The summed E-state index contributed by atoms with van der Waals surface area (Å²) in [7, 11) is 0. The van der Waals surface area contributed by atoms with Gasteiger partial charge in [-0.15, -0.1) is 5.10 Å². The summed E-state index contributed by atoms with van der Waals surface area (Å²) >= 11 is 4.10. The van der Waals surface area contributed by atoms with Crippen molar-refractivity contribution in [2.24, 2.45) is 0 Å². The van der Waals surface area contributed by atoms with Crippen LogP contribution in [-0.4, -0.2) is 15.5 Å². The SMILES string of the molecule is CC(C)c1nnsc1C(=O)Nc1ccc(Br)c(F)c1. The molecule has 7 heteroatoms. The van der Waals surface area contributed by atoms with Crippen LogP contribution in [0.15, 0.2) is 22.7 Å². The molecule has 0 fully saturated rings. The summed E-state index contributed by atoms with van der Waals surface area (Å²) in [4.78, 5) is 12.5. The van der Waals surface area contributed by atoms with Crippen LogP contribution in [0.1, 0.15) is 35.1 Å². The van der Waals surface area contributed by atoms with E-state index in [1.54, 1.807) is 12.1 Å². The van der Waals surface area contributed by atoms with Crippen molar-refractivity contribution in [2.75, 3.05) is 5.32 Å². The third-order valence-electron chi connectivity index (χ3n) is 2.44. The predicted molar refractivity (Wildman–Crippen MR) is 76.1 cm³/mol. The number of hydrogen-bond donors (Lipinski definition) is 1. The van der Waals surface area contributed by atoms with Crippen LogP contribution in [0.3, 0.4) is 0 Å². The lowest BCUT2D eigenvalue weighted by molar-refractivity contribution is 0.102. The fourth-order valence-corrected chi connectivity index (χ4v) is 2.46. The van der Waals surface area contributed by atoms with Crippen molar-refractivity contribution in [3.8, 4) is 0 Å². The first-order valence-electron chi connectivity index (χ1n) is 5.57. The zero-order chi connectivity index (χ0) is 14.0. The Kier molecular flexibility index (Phi) is 4.26. The van der Waals surface area contributed by atoms with Crippen molar-refractivity contribution < 1.29 is 9.18 Å². The Morgan fingerprint density at radius 2 is 2.21 bits per heavy atom. The summed E-state index contributed by atoms with van der Waals surface area (Å²) in [5.41, 5.74) is 1.05. The van der Waals surface area contributed by atoms with E-state index in [1.807, 2.05) is 13.8 Å². The number of anilines is 1. The van der Waals surface area contributed by atoms with Crippen LogP contribution in [0.4, 0.5) is 10.1 Å². The number of carbonyl (C=O) groups is 1. The molecule has 19 heavy (non-hydrogen) atoms. The molecule has 0 spiro atoms. The summed E-state index contributed by atoms with van der Waals surface area (Å²) in [5.74, 6) is -0.633. The molecular formula is C12H11BrFN3OS. The fraction of sp³-hybridized carbons (Fsp3) is 0.250. The second-order valence-electron chi connectivity index (χ2n) is 4.23. The molecule has 100 valence electrons. The van der Waals surface area contributed by atoms with E-state index in [1.165, 1.54) is 6.07 Å². The van der Waals surface area contributed by atoms with Gasteiger partial charge in [0.15, 0.2) is 0 Å². The Hall–Kier alpha value is -1.34. The first-order valence-corrected chi connectivity index (χ1v) is 7.14. The summed E-state index contributed by atoms with van der Waals surface area (Å²) in [5, 5.41) is 6.57. The quantitative estimate of drug-likeness (QED) is 0.921. The number of hydrogen-bond acceptors (Lipinski definition) is 4. The molecule has 1 N–H and O–H groups in total. The average molecular weight is 344 g/mol. The van der Waals surface area contributed by atoms with Crippen LogP contribution in [0, 0.1) is 5.82 Å². The van der Waals surface area contributed by atoms with Crippen molar-refractivity contribution in [1.82, 2.24) is 9.59 Å². The largest absolute Gasteiger partial charge is 0.321 e. The van der Waals surface area contributed by atoms with Gasteiger partial charge in [0.1, 0.15) is 10.7 Å². The number of nitrogens with one attached hydrogen (secondary N) is 1. The van der Waals surface area contributed by atoms with E-state index in [9.17, 15) is 9.18 Å². The highest BCUT2D eigenvalue weighted by atomic mass is 79.9. The Labute approximate surface area is 122 Å². The second-order valence-corrected chi connectivity index (χ2v) is 5.83. The van der Waals surface area contributed by atoms with Gasteiger partial charge in [-0.25, -0.2) is 4.39 Å². The first-order chi connectivity index (χ1) is 8.99. The minimum atomic E-state index is -0.427. The standard InChI is InChI=1S/C12H11BrFN3OS/c1-6(2)10-11(19-17-16-10)12(18)15-7-3-4-8(13)9(14)5-7/h3-6H,1-2H3,(H,15,18). The highest BCUT2D eigenvalue weighted by Gasteiger charge is 2.18. The van der Waals surface area contributed by atoms with Gasteiger partial charge in [0.2, 0.25) is 0 Å². The molecule has 0 unspecified atom stereocenters. The number of benzene rings is 1. The predicted octanol–water partition coefficient (Wildman–Crippen LogP) is 3.82.